The highest BCUT2D eigenvalue weighted by atomic mass is 16.6. The molecular formula is C22H19N3O2. The molecule has 0 unspecified atom stereocenters. The first kappa shape index (κ1) is 16.8. The Morgan fingerprint density at radius 1 is 0.963 bits per heavy atom. The third-order valence-electron chi connectivity index (χ3n) is 4.44. The van der Waals surface area contributed by atoms with Crippen LogP contribution in [0.25, 0.3) is 11.0 Å². The summed E-state index contributed by atoms with van der Waals surface area (Å²) in [6, 6.07) is 24.8. The first-order chi connectivity index (χ1) is 13.2. The van der Waals surface area contributed by atoms with Gasteiger partial charge in [0, 0.05) is 13.1 Å². The van der Waals surface area contributed by atoms with Gasteiger partial charge >= 0.3 is 6.09 Å². The number of nitrogens with zero attached hydrogens (tertiary/aromatic N) is 2. The van der Waals surface area contributed by atoms with Gasteiger partial charge in [-0.15, -0.1) is 0 Å². The number of hydrogen-bond donors (Lipinski definition) is 1. The van der Waals surface area contributed by atoms with Gasteiger partial charge in [-0.3, -0.25) is 0 Å². The van der Waals surface area contributed by atoms with Gasteiger partial charge in [-0.05, 0) is 23.3 Å². The second kappa shape index (κ2) is 7.33. The van der Waals surface area contributed by atoms with Crippen molar-refractivity contribution in [2.75, 3.05) is 0 Å². The van der Waals surface area contributed by atoms with Gasteiger partial charge in [-0.25, -0.2) is 9.78 Å². The van der Waals surface area contributed by atoms with Gasteiger partial charge < -0.3 is 14.6 Å². The van der Waals surface area contributed by atoms with Crippen LogP contribution in [0.3, 0.4) is 0 Å². The number of amides is 1. The standard InChI is InChI=1S/C22H19N3O2/c1-25-15-23-19-14-18(12-13-20(19)25)27-22(26)24-21(16-8-4-2-5-9-16)17-10-6-3-7-11-17/h2-15,21H,1H3,(H,24,26). The summed E-state index contributed by atoms with van der Waals surface area (Å²) in [6.07, 6.45) is 1.22. The third kappa shape index (κ3) is 3.67. The molecular weight excluding hydrogens is 338 g/mol. The lowest BCUT2D eigenvalue weighted by atomic mass is 9.99. The lowest BCUT2D eigenvalue weighted by Gasteiger charge is -2.19. The van der Waals surface area contributed by atoms with Crippen molar-refractivity contribution >= 4 is 17.1 Å². The molecule has 0 radical (unpaired) electrons. The predicted molar refractivity (Wildman–Crippen MR) is 105 cm³/mol. The fourth-order valence-corrected chi connectivity index (χ4v) is 3.08. The van der Waals surface area contributed by atoms with E-state index in [2.05, 4.69) is 10.3 Å². The molecule has 0 saturated heterocycles. The molecule has 0 aliphatic heterocycles. The molecule has 0 fully saturated rings. The highest BCUT2D eigenvalue weighted by molar-refractivity contribution is 5.79. The molecule has 0 aliphatic rings. The van der Waals surface area contributed by atoms with Gasteiger partial charge in [-0.1, -0.05) is 60.7 Å². The summed E-state index contributed by atoms with van der Waals surface area (Å²) in [4.78, 5) is 16.8. The summed E-state index contributed by atoms with van der Waals surface area (Å²) >= 11 is 0. The molecule has 134 valence electrons. The van der Waals surface area contributed by atoms with Crippen LogP contribution >= 0.6 is 0 Å². The number of aromatic nitrogens is 2. The van der Waals surface area contributed by atoms with Crippen LogP contribution in [-0.2, 0) is 7.05 Å². The molecule has 0 bridgehead atoms. The van der Waals surface area contributed by atoms with E-state index in [-0.39, 0.29) is 6.04 Å². The minimum Gasteiger partial charge on any atom is -0.410 e. The van der Waals surface area contributed by atoms with E-state index in [0.29, 0.717) is 5.75 Å². The molecule has 1 heterocycles. The lowest BCUT2D eigenvalue weighted by molar-refractivity contribution is 0.198. The van der Waals surface area contributed by atoms with E-state index in [1.807, 2.05) is 78.3 Å². The lowest BCUT2D eigenvalue weighted by Crippen LogP contribution is -2.31. The molecule has 4 rings (SSSR count). The number of aryl methyl sites for hydroxylation is 1. The Balaban J connectivity index is 1.56. The Hall–Kier alpha value is -3.60. The Labute approximate surface area is 157 Å². The van der Waals surface area contributed by atoms with Gasteiger partial charge in [-0.2, -0.15) is 0 Å². The minimum absolute atomic E-state index is 0.293. The summed E-state index contributed by atoms with van der Waals surface area (Å²) in [7, 11) is 1.92. The molecule has 0 aliphatic carbocycles. The normalized spacial score (nSPS) is 10.9. The smallest absolute Gasteiger partial charge is 0.410 e. The second-order valence-corrected chi connectivity index (χ2v) is 6.29. The predicted octanol–water partition coefficient (Wildman–Crippen LogP) is 4.45. The van der Waals surface area contributed by atoms with Crippen molar-refractivity contribution < 1.29 is 9.53 Å². The van der Waals surface area contributed by atoms with E-state index in [0.717, 1.165) is 22.2 Å². The topological polar surface area (TPSA) is 56.2 Å². The first-order valence-electron chi connectivity index (χ1n) is 8.70. The Bertz CT molecular complexity index is 1020. The zero-order valence-electron chi connectivity index (χ0n) is 14.9. The molecule has 4 aromatic rings. The molecule has 3 aromatic carbocycles. The van der Waals surface area contributed by atoms with E-state index in [9.17, 15) is 4.79 Å². The highest BCUT2D eigenvalue weighted by Gasteiger charge is 2.18. The highest BCUT2D eigenvalue weighted by Crippen LogP contribution is 2.23. The van der Waals surface area contributed by atoms with E-state index >= 15 is 0 Å². The van der Waals surface area contributed by atoms with Gasteiger partial charge in [0.2, 0.25) is 0 Å². The quantitative estimate of drug-likeness (QED) is 0.587. The number of hydrogen-bond acceptors (Lipinski definition) is 3. The number of benzene rings is 3. The summed E-state index contributed by atoms with van der Waals surface area (Å²) < 4.78 is 7.42. The van der Waals surface area contributed by atoms with Crippen LogP contribution in [0.4, 0.5) is 4.79 Å². The average molecular weight is 357 g/mol. The second-order valence-electron chi connectivity index (χ2n) is 6.29. The number of rotatable bonds is 4. The molecule has 0 saturated carbocycles. The fraction of sp³-hybridized carbons (Fsp3) is 0.0909. The van der Waals surface area contributed by atoms with Crippen molar-refractivity contribution in [2.24, 2.45) is 7.05 Å². The van der Waals surface area contributed by atoms with Crippen LogP contribution in [0.1, 0.15) is 17.2 Å². The van der Waals surface area contributed by atoms with Gasteiger partial charge in [0.15, 0.2) is 0 Å². The molecule has 27 heavy (non-hydrogen) atoms. The zero-order chi connectivity index (χ0) is 18.6. The fourth-order valence-electron chi connectivity index (χ4n) is 3.08. The number of nitrogens with one attached hydrogen (secondary N) is 1. The SMILES string of the molecule is Cn1cnc2cc(OC(=O)NC(c3ccccc3)c3ccccc3)ccc21. The number of ether oxygens (including phenoxy) is 1. The van der Waals surface area contributed by atoms with E-state index in [4.69, 9.17) is 4.74 Å². The third-order valence-corrected chi connectivity index (χ3v) is 4.44. The van der Waals surface area contributed by atoms with Crippen molar-refractivity contribution in [1.29, 1.82) is 0 Å². The van der Waals surface area contributed by atoms with Crippen LogP contribution in [0, 0.1) is 0 Å². The Morgan fingerprint density at radius 2 is 1.59 bits per heavy atom. The summed E-state index contributed by atoms with van der Waals surface area (Å²) in [5.41, 5.74) is 3.74. The maximum absolute atomic E-state index is 12.6. The largest absolute Gasteiger partial charge is 0.413 e. The summed E-state index contributed by atoms with van der Waals surface area (Å²) in [6.45, 7) is 0. The molecule has 0 spiro atoms. The zero-order valence-corrected chi connectivity index (χ0v) is 14.9. The number of carbonyl (C=O) groups is 1. The molecule has 1 amide bonds. The molecule has 1 aromatic heterocycles. The van der Waals surface area contributed by atoms with Crippen LogP contribution < -0.4 is 10.1 Å². The van der Waals surface area contributed by atoms with Gasteiger partial charge in [0.1, 0.15) is 5.75 Å². The Kier molecular flexibility index (Phi) is 4.58. The molecule has 5 nitrogen and oxygen atoms in total. The number of fused-ring (bicyclic) bond motifs is 1. The summed E-state index contributed by atoms with van der Waals surface area (Å²) in [5.74, 6) is 0.457. The number of imidazole rings is 1. The van der Waals surface area contributed by atoms with Crippen molar-refractivity contribution in [2.45, 2.75) is 6.04 Å². The van der Waals surface area contributed by atoms with Crippen molar-refractivity contribution in [3.8, 4) is 5.75 Å². The Morgan fingerprint density at radius 3 is 2.22 bits per heavy atom. The first-order valence-corrected chi connectivity index (χ1v) is 8.70. The maximum atomic E-state index is 12.6. The monoisotopic (exact) mass is 357 g/mol. The van der Waals surface area contributed by atoms with Crippen LogP contribution in [0.2, 0.25) is 0 Å². The van der Waals surface area contributed by atoms with Crippen molar-refractivity contribution in [3.05, 3.63) is 96.3 Å². The minimum atomic E-state index is -0.511. The van der Waals surface area contributed by atoms with Crippen molar-refractivity contribution in [3.63, 3.8) is 0 Å². The van der Waals surface area contributed by atoms with Gasteiger partial charge in [0.25, 0.3) is 0 Å². The average Bonchev–Trinajstić information content (AvgIpc) is 3.08. The molecule has 5 heteroatoms. The molecule has 1 N–H and O–H groups in total. The summed E-state index contributed by atoms with van der Waals surface area (Å²) in [5, 5.41) is 2.96. The maximum Gasteiger partial charge on any atom is 0.413 e. The van der Waals surface area contributed by atoms with E-state index in [1.54, 1.807) is 18.5 Å². The van der Waals surface area contributed by atoms with Crippen LogP contribution in [0.15, 0.2) is 85.2 Å². The van der Waals surface area contributed by atoms with Gasteiger partial charge in [0.05, 0.1) is 23.4 Å². The van der Waals surface area contributed by atoms with E-state index in [1.165, 1.54) is 0 Å². The van der Waals surface area contributed by atoms with Crippen LogP contribution in [0.5, 0.6) is 5.75 Å². The van der Waals surface area contributed by atoms with Crippen LogP contribution in [-0.4, -0.2) is 15.6 Å². The number of carbonyl (C=O) groups excluding carboxylic acids is 1. The van der Waals surface area contributed by atoms with Crippen molar-refractivity contribution in [1.82, 2.24) is 14.9 Å². The van der Waals surface area contributed by atoms with E-state index < -0.39 is 6.09 Å². The molecule has 0 atom stereocenters.